The van der Waals surface area contributed by atoms with Gasteiger partial charge in [0.25, 0.3) is 0 Å². The van der Waals surface area contributed by atoms with Crippen LogP contribution in [0.15, 0.2) is 30.5 Å². The third kappa shape index (κ3) is 1.89. The maximum absolute atomic E-state index is 9.17. The minimum absolute atomic E-state index is 0.0912. The molecule has 1 heterocycles. The van der Waals surface area contributed by atoms with Gasteiger partial charge in [0.1, 0.15) is 0 Å². The van der Waals surface area contributed by atoms with E-state index < -0.39 is 0 Å². The summed E-state index contributed by atoms with van der Waals surface area (Å²) in [6.07, 6.45) is 5.34. The summed E-state index contributed by atoms with van der Waals surface area (Å²) in [7, 11) is 0. The minimum Gasteiger partial charge on any atom is -0.361 e. The maximum Gasteiger partial charge on any atom is 0.0703 e. The van der Waals surface area contributed by atoms with E-state index in [1.165, 1.54) is 22.9 Å². The highest BCUT2D eigenvalue weighted by Gasteiger charge is 2.36. The van der Waals surface area contributed by atoms with Crippen LogP contribution in [0.1, 0.15) is 24.8 Å². The third-order valence-electron chi connectivity index (χ3n) is 4.00. The molecule has 2 aromatic rings. The van der Waals surface area contributed by atoms with E-state index in [1.807, 2.05) is 6.07 Å². The Balaban J connectivity index is 1.65. The predicted molar refractivity (Wildman–Crippen MR) is 71.9 cm³/mol. The van der Waals surface area contributed by atoms with Gasteiger partial charge in [0.2, 0.25) is 0 Å². The summed E-state index contributed by atoms with van der Waals surface area (Å²) in [6, 6.07) is 10.8. The number of fused-ring (bicyclic) bond motifs is 1. The first-order valence-electron chi connectivity index (χ1n) is 6.50. The number of para-hydroxylation sites is 1. The molecule has 1 aliphatic carbocycles. The number of nitrogens with one attached hydrogen (secondary N) is 2. The number of aromatic nitrogens is 1. The van der Waals surface area contributed by atoms with Crippen molar-refractivity contribution < 1.29 is 0 Å². The van der Waals surface area contributed by atoms with E-state index in [9.17, 15) is 0 Å². The van der Waals surface area contributed by atoms with E-state index in [4.69, 9.17) is 5.26 Å². The Morgan fingerprint density at radius 3 is 2.89 bits per heavy atom. The summed E-state index contributed by atoms with van der Waals surface area (Å²) in [5.74, 6) is 0. The number of nitriles is 1. The van der Waals surface area contributed by atoms with Gasteiger partial charge in [-0.15, -0.1) is 0 Å². The first kappa shape index (κ1) is 11.3. The summed E-state index contributed by atoms with van der Waals surface area (Å²) in [5, 5.41) is 13.9. The molecule has 1 aromatic carbocycles. The molecule has 0 amide bonds. The molecule has 1 aliphatic rings. The molecule has 3 nitrogen and oxygen atoms in total. The Labute approximate surface area is 107 Å². The van der Waals surface area contributed by atoms with Crippen LogP contribution in [0.3, 0.4) is 0 Å². The Bertz CT molecular complexity index is 587. The van der Waals surface area contributed by atoms with Gasteiger partial charge in [-0.2, -0.15) is 5.26 Å². The average molecular weight is 239 g/mol. The lowest BCUT2D eigenvalue weighted by Crippen LogP contribution is -2.38. The van der Waals surface area contributed by atoms with Gasteiger partial charge in [0, 0.05) is 30.2 Å². The van der Waals surface area contributed by atoms with Gasteiger partial charge in [-0.25, -0.2) is 0 Å². The van der Waals surface area contributed by atoms with Crippen molar-refractivity contribution in [3.05, 3.63) is 36.0 Å². The number of hydrogen-bond donors (Lipinski definition) is 2. The first-order valence-corrected chi connectivity index (χ1v) is 6.50. The molecule has 0 atom stereocenters. The molecule has 2 N–H and O–H groups in total. The van der Waals surface area contributed by atoms with Gasteiger partial charge in [-0.05, 0) is 24.5 Å². The molecule has 0 bridgehead atoms. The van der Waals surface area contributed by atoms with Crippen molar-refractivity contribution in [2.45, 2.75) is 25.8 Å². The molecule has 0 aliphatic heterocycles. The maximum atomic E-state index is 9.17. The van der Waals surface area contributed by atoms with Gasteiger partial charge >= 0.3 is 0 Å². The van der Waals surface area contributed by atoms with Crippen molar-refractivity contribution in [1.82, 2.24) is 10.3 Å². The zero-order valence-corrected chi connectivity index (χ0v) is 10.4. The van der Waals surface area contributed by atoms with E-state index in [0.717, 1.165) is 25.9 Å². The van der Waals surface area contributed by atoms with Crippen LogP contribution in [0, 0.1) is 16.7 Å². The summed E-state index contributed by atoms with van der Waals surface area (Å²) in [5.41, 5.74) is 2.36. The smallest absolute Gasteiger partial charge is 0.0703 e. The fourth-order valence-electron chi connectivity index (χ4n) is 2.65. The molecule has 0 spiro atoms. The van der Waals surface area contributed by atoms with Crippen molar-refractivity contribution >= 4 is 10.9 Å². The van der Waals surface area contributed by atoms with E-state index >= 15 is 0 Å². The lowest BCUT2D eigenvalue weighted by molar-refractivity contribution is 0.207. The van der Waals surface area contributed by atoms with Crippen LogP contribution in [0.5, 0.6) is 0 Å². The van der Waals surface area contributed by atoms with Gasteiger partial charge < -0.3 is 10.3 Å². The van der Waals surface area contributed by atoms with Crippen LogP contribution in [0.2, 0.25) is 0 Å². The molecule has 92 valence electrons. The van der Waals surface area contributed by atoms with E-state index in [0.29, 0.717) is 0 Å². The standard InChI is InChI=1S/C15H17N3/c16-10-15(6-3-7-15)11-17-8-12-9-18-14-5-2-1-4-13(12)14/h1-2,4-5,9,17-18H,3,6-8,11H2. The molecule has 3 heteroatoms. The number of hydrogen-bond acceptors (Lipinski definition) is 2. The van der Waals surface area contributed by atoms with Gasteiger partial charge in [0.05, 0.1) is 11.5 Å². The Morgan fingerprint density at radius 2 is 2.17 bits per heavy atom. The summed E-state index contributed by atoms with van der Waals surface area (Å²) in [6.45, 7) is 1.64. The van der Waals surface area contributed by atoms with E-state index in [1.54, 1.807) is 0 Å². The lowest BCUT2D eigenvalue weighted by Gasteiger charge is -2.35. The average Bonchev–Trinajstić information content (AvgIpc) is 2.76. The number of H-pyrrole nitrogens is 1. The highest BCUT2D eigenvalue weighted by atomic mass is 14.9. The number of benzene rings is 1. The SMILES string of the molecule is N#CC1(CNCc2c[nH]c3ccccc23)CCC1. The normalized spacial score (nSPS) is 17.3. The van der Waals surface area contributed by atoms with Crippen molar-refractivity contribution in [3.8, 4) is 6.07 Å². The van der Waals surface area contributed by atoms with Crippen LogP contribution >= 0.6 is 0 Å². The Morgan fingerprint density at radius 1 is 1.33 bits per heavy atom. The molecule has 3 rings (SSSR count). The first-order chi connectivity index (χ1) is 8.83. The van der Waals surface area contributed by atoms with Crippen molar-refractivity contribution in [2.24, 2.45) is 5.41 Å². The van der Waals surface area contributed by atoms with Crippen molar-refractivity contribution in [2.75, 3.05) is 6.54 Å². The predicted octanol–water partition coefficient (Wildman–Crippen LogP) is 2.95. The second-order valence-electron chi connectivity index (χ2n) is 5.21. The van der Waals surface area contributed by atoms with Gasteiger partial charge in [0.15, 0.2) is 0 Å². The molecular formula is C15H17N3. The minimum atomic E-state index is -0.0912. The molecule has 0 unspecified atom stereocenters. The van der Waals surface area contributed by atoms with Crippen LogP contribution in [0.25, 0.3) is 10.9 Å². The Kier molecular flexibility index (Phi) is 2.81. The van der Waals surface area contributed by atoms with Gasteiger partial charge in [-0.3, -0.25) is 0 Å². The van der Waals surface area contributed by atoms with Crippen LogP contribution in [-0.4, -0.2) is 11.5 Å². The fourth-order valence-corrected chi connectivity index (χ4v) is 2.65. The van der Waals surface area contributed by atoms with Crippen LogP contribution in [0.4, 0.5) is 0 Å². The molecular weight excluding hydrogens is 222 g/mol. The molecule has 18 heavy (non-hydrogen) atoms. The zero-order valence-electron chi connectivity index (χ0n) is 10.4. The summed E-state index contributed by atoms with van der Waals surface area (Å²) in [4.78, 5) is 3.27. The van der Waals surface area contributed by atoms with Crippen molar-refractivity contribution in [1.29, 1.82) is 5.26 Å². The van der Waals surface area contributed by atoms with E-state index in [-0.39, 0.29) is 5.41 Å². The largest absolute Gasteiger partial charge is 0.361 e. The zero-order chi connectivity index (χ0) is 12.4. The van der Waals surface area contributed by atoms with Crippen molar-refractivity contribution in [3.63, 3.8) is 0 Å². The van der Waals surface area contributed by atoms with Crippen LogP contribution in [-0.2, 0) is 6.54 Å². The molecule has 1 saturated carbocycles. The Hall–Kier alpha value is -1.79. The number of aromatic amines is 1. The molecule has 0 saturated heterocycles. The second kappa shape index (κ2) is 4.47. The fraction of sp³-hybridized carbons (Fsp3) is 0.400. The number of rotatable bonds is 4. The second-order valence-corrected chi connectivity index (χ2v) is 5.21. The molecule has 0 radical (unpaired) electrons. The summed E-state index contributed by atoms with van der Waals surface area (Å²) >= 11 is 0. The molecule has 1 aromatic heterocycles. The molecule has 1 fully saturated rings. The summed E-state index contributed by atoms with van der Waals surface area (Å²) < 4.78 is 0. The monoisotopic (exact) mass is 239 g/mol. The lowest BCUT2D eigenvalue weighted by atomic mass is 9.70. The quantitative estimate of drug-likeness (QED) is 0.861. The third-order valence-corrected chi connectivity index (χ3v) is 4.00. The van der Waals surface area contributed by atoms with Gasteiger partial charge in [-0.1, -0.05) is 24.6 Å². The highest BCUT2D eigenvalue weighted by molar-refractivity contribution is 5.82. The van der Waals surface area contributed by atoms with E-state index in [2.05, 4.69) is 40.8 Å². The topological polar surface area (TPSA) is 51.6 Å². The number of nitrogens with zero attached hydrogens (tertiary/aromatic N) is 1. The van der Waals surface area contributed by atoms with Crippen LogP contribution < -0.4 is 5.32 Å². The highest BCUT2D eigenvalue weighted by Crippen LogP contribution is 2.39.